The molecule has 0 saturated carbocycles. The second kappa shape index (κ2) is 10.0. The molecule has 32 heavy (non-hydrogen) atoms. The fourth-order valence-electron chi connectivity index (χ4n) is 3.98. The Morgan fingerprint density at radius 2 is 1.97 bits per heavy atom. The van der Waals surface area contributed by atoms with Crippen LogP contribution in [0.1, 0.15) is 30.6 Å². The molecule has 2 aliphatic rings. The third-order valence-electron chi connectivity index (χ3n) is 5.68. The number of benzene rings is 1. The molecule has 1 atom stereocenters. The van der Waals surface area contributed by atoms with Crippen LogP contribution in [0.2, 0.25) is 0 Å². The third-order valence-corrected chi connectivity index (χ3v) is 8.26. The summed E-state index contributed by atoms with van der Waals surface area (Å²) in [5.41, 5.74) is 1.15. The summed E-state index contributed by atoms with van der Waals surface area (Å²) >= 11 is 3.61. The minimum Gasteiger partial charge on any atom is -0.497 e. The van der Waals surface area contributed by atoms with Crippen LogP contribution in [0.5, 0.6) is 5.75 Å². The first-order valence-electron chi connectivity index (χ1n) is 11.0. The van der Waals surface area contributed by atoms with Crippen molar-refractivity contribution in [2.45, 2.75) is 36.2 Å². The number of hydrogen-bond donors (Lipinski definition) is 0. The van der Waals surface area contributed by atoms with E-state index < -0.39 is 0 Å². The SMILES string of the molecule is COc1ccc(C2=NCC(CSc3nnc(N4CCCCC4)n3Cc3ccco3)S2)cc1. The monoisotopic (exact) mass is 469 g/mol. The van der Waals surface area contributed by atoms with E-state index in [4.69, 9.17) is 14.1 Å². The molecule has 1 unspecified atom stereocenters. The first-order chi connectivity index (χ1) is 15.8. The van der Waals surface area contributed by atoms with E-state index in [1.807, 2.05) is 36.0 Å². The predicted molar refractivity (Wildman–Crippen MR) is 130 cm³/mol. The highest BCUT2D eigenvalue weighted by Gasteiger charge is 2.25. The highest BCUT2D eigenvalue weighted by molar-refractivity contribution is 8.16. The number of hydrogen-bond acceptors (Lipinski definition) is 8. The Balaban J connectivity index is 1.25. The second-order valence-electron chi connectivity index (χ2n) is 7.92. The van der Waals surface area contributed by atoms with Gasteiger partial charge in [-0.05, 0) is 55.7 Å². The molecule has 1 fully saturated rings. The molecule has 168 valence electrons. The first kappa shape index (κ1) is 21.5. The lowest BCUT2D eigenvalue weighted by atomic mass is 10.1. The standard InChI is InChI=1S/C23H27N5O2S2/c1-29-18-9-7-17(8-10-18)21-24-14-20(32-21)16-31-23-26-25-22(27-11-3-2-4-12-27)28(23)15-19-6-5-13-30-19/h5-10,13,20H,2-4,11-12,14-16H2,1H3. The number of thioether (sulfide) groups is 2. The van der Waals surface area contributed by atoms with Gasteiger partial charge in [0.2, 0.25) is 5.95 Å². The molecule has 3 aromatic rings. The van der Waals surface area contributed by atoms with Gasteiger partial charge in [-0.1, -0.05) is 11.8 Å². The number of rotatable bonds is 8. The summed E-state index contributed by atoms with van der Waals surface area (Å²) in [6, 6.07) is 12.1. The van der Waals surface area contributed by atoms with Crippen molar-refractivity contribution in [3.05, 3.63) is 54.0 Å². The number of nitrogens with zero attached hydrogens (tertiary/aromatic N) is 5. The summed E-state index contributed by atoms with van der Waals surface area (Å²) in [4.78, 5) is 7.14. The zero-order chi connectivity index (χ0) is 21.8. The van der Waals surface area contributed by atoms with Crippen LogP contribution in [0.25, 0.3) is 0 Å². The summed E-state index contributed by atoms with van der Waals surface area (Å²) in [7, 11) is 1.69. The topological polar surface area (TPSA) is 68.7 Å². The van der Waals surface area contributed by atoms with E-state index in [0.717, 1.165) is 58.6 Å². The van der Waals surface area contributed by atoms with Gasteiger partial charge in [0.25, 0.3) is 0 Å². The maximum atomic E-state index is 5.63. The molecule has 0 N–H and O–H groups in total. The zero-order valence-corrected chi connectivity index (χ0v) is 19.8. The zero-order valence-electron chi connectivity index (χ0n) is 18.1. The number of ether oxygens (including phenoxy) is 1. The molecule has 1 aromatic carbocycles. The Hall–Kier alpha value is -2.39. The van der Waals surface area contributed by atoms with Gasteiger partial charge in [0.15, 0.2) is 5.16 Å². The molecular weight excluding hydrogens is 442 g/mol. The second-order valence-corrected chi connectivity index (χ2v) is 10.2. The molecular formula is C23H27N5O2S2. The fraction of sp³-hybridized carbons (Fsp3) is 0.435. The normalized spacial score (nSPS) is 18.7. The van der Waals surface area contributed by atoms with E-state index >= 15 is 0 Å². The number of furan rings is 1. The van der Waals surface area contributed by atoms with Gasteiger partial charge in [0, 0.05) is 29.7 Å². The highest BCUT2D eigenvalue weighted by Crippen LogP contribution is 2.32. The molecule has 2 aliphatic heterocycles. The van der Waals surface area contributed by atoms with Gasteiger partial charge >= 0.3 is 0 Å². The van der Waals surface area contributed by atoms with Gasteiger partial charge in [-0.3, -0.25) is 9.56 Å². The van der Waals surface area contributed by atoms with Gasteiger partial charge < -0.3 is 14.1 Å². The van der Waals surface area contributed by atoms with Crippen LogP contribution in [0.4, 0.5) is 5.95 Å². The molecule has 0 aliphatic carbocycles. The van der Waals surface area contributed by atoms with Gasteiger partial charge in [-0.25, -0.2) is 0 Å². The van der Waals surface area contributed by atoms with Crippen LogP contribution in [0, 0.1) is 0 Å². The summed E-state index contributed by atoms with van der Waals surface area (Å²) in [6.07, 6.45) is 5.43. The van der Waals surface area contributed by atoms with Crippen molar-refractivity contribution in [3.8, 4) is 5.75 Å². The van der Waals surface area contributed by atoms with Crippen molar-refractivity contribution in [3.63, 3.8) is 0 Å². The van der Waals surface area contributed by atoms with E-state index in [9.17, 15) is 0 Å². The van der Waals surface area contributed by atoms with Crippen LogP contribution >= 0.6 is 23.5 Å². The van der Waals surface area contributed by atoms with Crippen molar-refractivity contribution in [2.24, 2.45) is 4.99 Å². The number of piperidine rings is 1. The third kappa shape index (κ3) is 4.83. The smallest absolute Gasteiger partial charge is 0.228 e. The van der Waals surface area contributed by atoms with E-state index in [2.05, 4.69) is 31.8 Å². The Morgan fingerprint density at radius 1 is 1.12 bits per heavy atom. The van der Waals surface area contributed by atoms with Crippen LogP contribution in [0.15, 0.2) is 57.2 Å². The average molecular weight is 470 g/mol. The fourth-order valence-corrected chi connectivity index (χ4v) is 6.18. The molecule has 9 heteroatoms. The van der Waals surface area contributed by atoms with Crippen LogP contribution in [0.3, 0.4) is 0 Å². The Kier molecular flexibility index (Phi) is 6.73. The van der Waals surface area contributed by atoms with Gasteiger partial charge in [-0.2, -0.15) is 0 Å². The van der Waals surface area contributed by atoms with E-state index in [1.54, 1.807) is 25.1 Å². The maximum Gasteiger partial charge on any atom is 0.228 e. The molecule has 0 spiro atoms. The molecule has 4 heterocycles. The molecule has 2 aromatic heterocycles. The lowest BCUT2D eigenvalue weighted by molar-refractivity contribution is 0.415. The Labute approximate surface area is 196 Å². The molecule has 1 saturated heterocycles. The maximum absolute atomic E-state index is 5.63. The van der Waals surface area contributed by atoms with E-state index in [0.29, 0.717) is 11.8 Å². The van der Waals surface area contributed by atoms with Crippen LogP contribution in [-0.2, 0) is 6.54 Å². The summed E-state index contributed by atoms with van der Waals surface area (Å²) in [5, 5.41) is 11.6. The highest BCUT2D eigenvalue weighted by atomic mass is 32.2. The van der Waals surface area contributed by atoms with E-state index in [-0.39, 0.29) is 0 Å². The summed E-state index contributed by atoms with van der Waals surface area (Å²) in [5.74, 6) is 3.68. The number of aromatic nitrogens is 3. The van der Waals surface area contributed by atoms with Crippen molar-refractivity contribution < 1.29 is 9.15 Å². The van der Waals surface area contributed by atoms with Gasteiger partial charge in [0.1, 0.15) is 11.5 Å². The Morgan fingerprint density at radius 3 is 2.72 bits per heavy atom. The van der Waals surface area contributed by atoms with Crippen molar-refractivity contribution in [1.82, 2.24) is 14.8 Å². The molecule has 0 radical (unpaired) electrons. The molecule has 7 nitrogen and oxygen atoms in total. The average Bonchev–Trinajstić information content (AvgIpc) is 3.60. The molecule has 5 rings (SSSR count). The first-order valence-corrected chi connectivity index (χ1v) is 12.9. The minimum atomic E-state index is 0.421. The molecule has 0 bridgehead atoms. The van der Waals surface area contributed by atoms with Crippen molar-refractivity contribution in [2.75, 3.05) is 37.4 Å². The molecule has 0 amide bonds. The summed E-state index contributed by atoms with van der Waals surface area (Å²) in [6.45, 7) is 3.56. The minimum absolute atomic E-state index is 0.421. The van der Waals surface area contributed by atoms with E-state index in [1.165, 1.54) is 19.3 Å². The Bertz CT molecular complexity index is 1040. The summed E-state index contributed by atoms with van der Waals surface area (Å²) < 4.78 is 13.1. The number of anilines is 1. The van der Waals surface area contributed by atoms with Crippen molar-refractivity contribution >= 4 is 34.5 Å². The van der Waals surface area contributed by atoms with Crippen LogP contribution < -0.4 is 9.64 Å². The van der Waals surface area contributed by atoms with Crippen LogP contribution in [-0.4, -0.2) is 57.6 Å². The van der Waals surface area contributed by atoms with Gasteiger partial charge in [-0.15, -0.1) is 22.0 Å². The lowest BCUT2D eigenvalue weighted by Crippen LogP contribution is -2.32. The lowest BCUT2D eigenvalue weighted by Gasteiger charge is -2.27. The quantitative estimate of drug-likeness (QED) is 0.448. The van der Waals surface area contributed by atoms with Crippen molar-refractivity contribution in [1.29, 1.82) is 0 Å². The van der Waals surface area contributed by atoms with Gasteiger partial charge in [0.05, 0.1) is 31.5 Å². The predicted octanol–water partition coefficient (Wildman–Crippen LogP) is 4.57. The largest absolute Gasteiger partial charge is 0.497 e. The number of aliphatic imine (C=N–C) groups is 1. The number of methoxy groups -OCH3 is 1.